The molecule has 2 nitrogen and oxygen atoms in total. The van der Waals surface area contributed by atoms with Crippen LogP contribution in [0.1, 0.15) is 54.1 Å². The SMILES string of the molecule is Cc1nc(C2CCCC2)sc1CC(C)CN. The fourth-order valence-corrected chi connectivity index (χ4v) is 3.79. The molecule has 0 aliphatic heterocycles. The Balaban J connectivity index is 2.08. The molecule has 1 atom stereocenters. The van der Waals surface area contributed by atoms with Gasteiger partial charge in [0.05, 0.1) is 10.7 Å². The van der Waals surface area contributed by atoms with E-state index >= 15 is 0 Å². The number of rotatable bonds is 4. The third-order valence-electron chi connectivity index (χ3n) is 3.55. The minimum Gasteiger partial charge on any atom is -0.330 e. The van der Waals surface area contributed by atoms with Crippen LogP contribution in [0.25, 0.3) is 0 Å². The van der Waals surface area contributed by atoms with Crippen molar-refractivity contribution >= 4 is 11.3 Å². The van der Waals surface area contributed by atoms with Gasteiger partial charge in [-0.25, -0.2) is 4.98 Å². The molecule has 2 rings (SSSR count). The number of nitrogens with zero attached hydrogens (tertiary/aromatic N) is 1. The van der Waals surface area contributed by atoms with Gasteiger partial charge in [0.25, 0.3) is 0 Å². The first-order valence-corrected chi connectivity index (χ1v) is 7.18. The van der Waals surface area contributed by atoms with Gasteiger partial charge in [-0.1, -0.05) is 19.8 Å². The highest BCUT2D eigenvalue weighted by atomic mass is 32.1. The third kappa shape index (κ3) is 2.64. The molecule has 1 heterocycles. The zero-order valence-corrected chi connectivity index (χ0v) is 11.1. The van der Waals surface area contributed by atoms with E-state index in [4.69, 9.17) is 10.7 Å². The minimum absolute atomic E-state index is 0.579. The van der Waals surface area contributed by atoms with Gasteiger partial charge in [0.15, 0.2) is 0 Å². The molecule has 0 aromatic carbocycles. The van der Waals surface area contributed by atoms with E-state index in [2.05, 4.69) is 13.8 Å². The van der Waals surface area contributed by atoms with E-state index in [1.807, 2.05) is 11.3 Å². The molecule has 16 heavy (non-hydrogen) atoms. The number of thiazole rings is 1. The molecule has 0 amide bonds. The van der Waals surface area contributed by atoms with Gasteiger partial charge in [0.2, 0.25) is 0 Å². The molecule has 1 aliphatic carbocycles. The standard InChI is InChI=1S/C13H22N2S/c1-9(8-14)7-12-10(2)15-13(16-12)11-5-3-4-6-11/h9,11H,3-8,14H2,1-2H3. The smallest absolute Gasteiger partial charge is 0.0961 e. The molecule has 1 aliphatic rings. The van der Waals surface area contributed by atoms with Crippen molar-refractivity contribution in [3.8, 4) is 0 Å². The van der Waals surface area contributed by atoms with Crippen LogP contribution in [0, 0.1) is 12.8 Å². The van der Waals surface area contributed by atoms with Gasteiger partial charge in [0.1, 0.15) is 0 Å². The number of nitrogens with two attached hydrogens (primary N) is 1. The van der Waals surface area contributed by atoms with Gasteiger partial charge in [0, 0.05) is 10.8 Å². The maximum Gasteiger partial charge on any atom is 0.0961 e. The average molecular weight is 238 g/mol. The van der Waals surface area contributed by atoms with Gasteiger partial charge in [-0.2, -0.15) is 0 Å². The van der Waals surface area contributed by atoms with E-state index in [0.717, 1.165) is 18.9 Å². The fourth-order valence-electron chi connectivity index (χ4n) is 2.39. The summed E-state index contributed by atoms with van der Waals surface area (Å²) in [5, 5.41) is 1.38. The summed E-state index contributed by atoms with van der Waals surface area (Å²) in [5.74, 6) is 1.33. The lowest BCUT2D eigenvalue weighted by Crippen LogP contribution is -2.12. The van der Waals surface area contributed by atoms with Crippen LogP contribution in [0.5, 0.6) is 0 Å². The Morgan fingerprint density at radius 1 is 1.44 bits per heavy atom. The van der Waals surface area contributed by atoms with Gasteiger partial charge in [-0.05, 0) is 38.6 Å². The first-order valence-electron chi connectivity index (χ1n) is 6.37. The predicted octanol–water partition coefficient (Wildman–Crippen LogP) is 3.25. The van der Waals surface area contributed by atoms with E-state index in [-0.39, 0.29) is 0 Å². The monoisotopic (exact) mass is 238 g/mol. The van der Waals surface area contributed by atoms with Gasteiger partial charge in [-0.15, -0.1) is 11.3 Å². The van der Waals surface area contributed by atoms with Crippen molar-refractivity contribution in [2.45, 2.75) is 51.9 Å². The van der Waals surface area contributed by atoms with Crippen molar-refractivity contribution in [1.82, 2.24) is 4.98 Å². The summed E-state index contributed by atoms with van der Waals surface area (Å²) in [6.07, 6.45) is 6.57. The molecule has 3 heteroatoms. The lowest BCUT2D eigenvalue weighted by Gasteiger charge is -2.06. The number of aromatic nitrogens is 1. The molecule has 1 unspecified atom stereocenters. The molecule has 0 radical (unpaired) electrons. The summed E-state index contributed by atoms with van der Waals surface area (Å²) < 4.78 is 0. The van der Waals surface area contributed by atoms with Crippen molar-refractivity contribution in [2.75, 3.05) is 6.54 Å². The summed E-state index contributed by atoms with van der Waals surface area (Å²) in [4.78, 5) is 6.22. The van der Waals surface area contributed by atoms with E-state index in [9.17, 15) is 0 Å². The normalized spacial score (nSPS) is 19.2. The van der Waals surface area contributed by atoms with Crippen molar-refractivity contribution in [3.05, 3.63) is 15.6 Å². The number of aryl methyl sites for hydroxylation is 1. The van der Waals surface area contributed by atoms with Crippen molar-refractivity contribution < 1.29 is 0 Å². The third-order valence-corrected chi connectivity index (χ3v) is 4.89. The Kier molecular flexibility index (Phi) is 3.98. The van der Waals surface area contributed by atoms with Crippen LogP contribution in [-0.2, 0) is 6.42 Å². The van der Waals surface area contributed by atoms with Crippen LogP contribution in [0.3, 0.4) is 0 Å². The van der Waals surface area contributed by atoms with E-state index in [0.29, 0.717) is 5.92 Å². The second-order valence-corrected chi connectivity index (χ2v) is 6.20. The highest BCUT2D eigenvalue weighted by Gasteiger charge is 2.21. The Hall–Kier alpha value is -0.410. The van der Waals surface area contributed by atoms with Crippen LogP contribution >= 0.6 is 11.3 Å². The molecule has 1 fully saturated rings. The molecule has 2 N–H and O–H groups in total. The van der Waals surface area contributed by atoms with Crippen LogP contribution < -0.4 is 5.73 Å². The van der Waals surface area contributed by atoms with Gasteiger partial charge >= 0.3 is 0 Å². The lowest BCUT2D eigenvalue weighted by atomic mass is 10.1. The second kappa shape index (κ2) is 5.28. The number of hydrogen-bond donors (Lipinski definition) is 1. The van der Waals surface area contributed by atoms with Crippen molar-refractivity contribution in [2.24, 2.45) is 11.7 Å². The van der Waals surface area contributed by atoms with Crippen LogP contribution in [0.15, 0.2) is 0 Å². The lowest BCUT2D eigenvalue weighted by molar-refractivity contribution is 0.596. The van der Waals surface area contributed by atoms with E-state index in [1.54, 1.807) is 0 Å². The zero-order chi connectivity index (χ0) is 11.5. The maximum atomic E-state index is 5.68. The van der Waals surface area contributed by atoms with Crippen LogP contribution in [0.4, 0.5) is 0 Å². The highest BCUT2D eigenvalue weighted by Crippen LogP contribution is 2.37. The van der Waals surface area contributed by atoms with Gasteiger partial charge in [-0.3, -0.25) is 0 Å². The van der Waals surface area contributed by atoms with Crippen molar-refractivity contribution in [3.63, 3.8) is 0 Å². The molecule has 1 aromatic rings. The maximum absolute atomic E-state index is 5.68. The Morgan fingerprint density at radius 2 is 2.12 bits per heavy atom. The fraction of sp³-hybridized carbons (Fsp3) is 0.769. The summed E-state index contributed by atoms with van der Waals surface area (Å²) in [6, 6.07) is 0. The first kappa shape index (κ1) is 12.1. The Labute approximate surface area is 102 Å². The van der Waals surface area contributed by atoms with E-state index < -0.39 is 0 Å². The Bertz CT molecular complexity index is 340. The Morgan fingerprint density at radius 3 is 2.75 bits per heavy atom. The van der Waals surface area contributed by atoms with E-state index in [1.165, 1.54) is 41.3 Å². The van der Waals surface area contributed by atoms with Crippen LogP contribution in [-0.4, -0.2) is 11.5 Å². The highest BCUT2D eigenvalue weighted by molar-refractivity contribution is 7.11. The molecule has 1 saturated carbocycles. The summed E-state index contributed by atoms with van der Waals surface area (Å²) in [6.45, 7) is 5.14. The van der Waals surface area contributed by atoms with Crippen molar-refractivity contribution in [1.29, 1.82) is 0 Å². The van der Waals surface area contributed by atoms with Gasteiger partial charge < -0.3 is 5.73 Å². The molecule has 1 aromatic heterocycles. The zero-order valence-electron chi connectivity index (χ0n) is 10.3. The van der Waals surface area contributed by atoms with Crippen LogP contribution in [0.2, 0.25) is 0 Å². The second-order valence-electron chi connectivity index (χ2n) is 5.09. The molecular weight excluding hydrogens is 216 g/mol. The molecule has 90 valence electrons. The summed E-state index contributed by atoms with van der Waals surface area (Å²) >= 11 is 1.93. The summed E-state index contributed by atoms with van der Waals surface area (Å²) in [7, 11) is 0. The quantitative estimate of drug-likeness (QED) is 0.874. The number of hydrogen-bond acceptors (Lipinski definition) is 3. The first-order chi connectivity index (χ1) is 7.70. The average Bonchev–Trinajstić information content (AvgIpc) is 2.88. The minimum atomic E-state index is 0.579. The molecule has 0 saturated heterocycles. The molecule has 0 spiro atoms. The topological polar surface area (TPSA) is 38.9 Å². The largest absolute Gasteiger partial charge is 0.330 e. The summed E-state index contributed by atoms with van der Waals surface area (Å²) in [5.41, 5.74) is 6.93. The molecule has 0 bridgehead atoms. The predicted molar refractivity (Wildman–Crippen MR) is 70.0 cm³/mol. The molecular formula is C13H22N2S.